The summed E-state index contributed by atoms with van der Waals surface area (Å²) >= 11 is 0. The van der Waals surface area contributed by atoms with Crippen LogP contribution >= 0.6 is 0 Å². The van der Waals surface area contributed by atoms with Crippen molar-refractivity contribution in [2.75, 3.05) is 5.32 Å². The maximum absolute atomic E-state index is 14.0. The maximum atomic E-state index is 14.0. The lowest BCUT2D eigenvalue weighted by molar-refractivity contribution is -0.140. The van der Waals surface area contributed by atoms with Crippen molar-refractivity contribution in [2.24, 2.45) is 12.8 Å². The van der Waals surface area contributed by atoms with Crippen molar-refractivity contribution in [3.05, 3.63) is 78.6 Å². The molecule has 0 saturated carbocycles. The first-order valence-corrected chi connectivity index (χ1v) is 11.8. The molecule has 0 unspecified atom stereocenters. The molecule has 0 atom stereocenters. The molecular formula is C27H24F3N7O. The van der Waals surface area contributed by atoms with E-state index in [1.165, 1.54) is 12.4 Å². The van der Waals surface area contributed by atoms with Crippen LogP contribution in [-0.4, -0.2) is 36.3 Å². The van der Waals surface area contributed by atoms with Gasteiger partial charge in [0.25, 0.3) is 5.91 Å². The fraction of sp³-hybridized carbons (Fsp3) is 0.185. The third-order valence-electron chi connectivity index (χ3n) is 6.01. The fourth-order valence-electron chi connectivity index (χ4n) is 4.34. The van der Waals surface area contributed by atoms with Gasteiger partial charge in [0.15, 0.2) is 0 Å². The van der Waals surface area contributed by atoms with Crippen molar-refractivity contribution < 1.29 is 18.0 Å². The van der Waals surface area contributed by atoms with E-state index in [0.29, 0.717) is 33.6 Å². The number of nitrogens with one attached hydrogen (secondary N) is 1. The molecular weight excluding hydrogens is 495 g/mol. The summed E-state index contributed by atoms with van der Waals surface area (Å²) in [7, 11) is 1.79. The molecule has 0 fully saturated rings. The van der Waals surface area contributed by atoms with Crippen LogP contribution in [0.15, 0.2) is 67.4 Å². The van der Waals surface area contributed by atoms with Gasteiger partial charge in [0.1, 0.15) is 5.69 Å². The van der Waals surface area contributed by atoms with Crippen molar-refractivity contribution in [3.8, 4) is 28.1 Å². The highest BCUT2D eigenvalue weighted by molar-refractivity contribution is 6.02. The first-order chi connectivity index (χ1) is 18.0. The van der Waals surface area contributed by atoms with E-state index < -0.39 is 17.8 Å². The van der Waals surface area contributed by atoms with E-state index in [-0.39, 0.29) is 17.1 Å². The highest BCUT2D eigenvalue weighted by Gasteiger charge is 2.34. The number of hydrogen-bond donors (Lipinski definition) is 2. The van der Waals surface area contributed by atoms with Crippen LogP contribution < -0.4 is 11.1 Å². The van der Waals surface area contributed by atoms with Gasteiger partial charge in [0.2, 0.25) is 0 Å². The Morgan fingerprint density at radius 1 is 1.08 bits per heavy atom. The Kier molecular flexibility index (Phi) is 6.14. The SMILES string of the molecule is CC(C)Nc1cc(-c2cc(C(F)(F)F)nc3c(-n4cnc(-c5cnn(C)c5)c4)cccc23)ccc1C(N)=O. The van der Waals surface area contributed by atoms with Crippen LogP contribution in [0.3, 0.4) is 0 Å². The van der Waals surface area contributed by atoms with Crippen molar-refractivity contribution in [1.82, 2.24) is 24.3 Å². The summed E-state index contributed by atoms with van der Waals surface area (Å²) in [6, 6.07) is 10.9. The Morgan fingerprint density at radius 2 is 1.87 bits per heavy atom. The molecule has 0 saturated heterocycles. The number of primary amides is 1. The number of hydrogen-bond acceptors (Lipinski definition) is 5. The Hall–Kier alpha value is -4.67. The van der Waals surface area contributed by atoms with E-state index >= 15 is 0 Å². The van der Waals surface area contributed by atoms with Crippen LogP contribution in [0.5, 0.6) is 0 Å². The van der Waals surface area contributed by atoms with E-state index in [4.69, 9.17) is 5.73 Å². The van der Waals surface area contributed by atoms with Gasteiger partial charge in [-0.15, -0.1) is 0 Å². The zero-order valence-electron chi connectivity index (χ0n) is 20.8. The lowest BCUT2D eigenvalue weighted by atomic mass is 9.97. The molecule has 0 aliphatic rings. The number of aromatic nitrogens is 5. The number of nitrogens with two attached hydrogens (primary N) is 1. The number of halogens is 3. The molecule has 3 heterocycles. The zero-order valence-corrected chi connectivity index (χ0v) is 20.8. The van der Waals surface area contributed by atoms with Crippen molar-refractivity contribution in [1.29, 1.82) is 0 Å². The number of carbonyl (C=O) groups is 1. The summed E-state index contributed by atoms with van der Waals surface area (Å²) in [6.07, 6.45) is 2.03. The number of fused-ring (bicyclic) bond motifs is 1. The molecule has 8 nitrogen and oxygen atoms in total. The number of aryl methyl sites for hydroxylation is 1. The fourth-order valence-corrected chi connectivity index (χ4v) is 4.34. The second kappa shape index (κ2) is 9.33. The van der Waals surface area contributed by atoms with Gasteiger partial charge in [-0.25, -0.2) is 9.97 Å². The van der Waals surface area contributed by atoms with Crippen LogP contribution in [0.4, 0.5) is 18.9 Å². The quantitative estimate of drug-likeness (QED) is 0.312. The van der Waals surface area contributed by atoms with Crippen molar-refractivity contribution in [2.45, 2.75) is 26.1 Å². The number of nitrogens with zero attached hydrogens (tertiary/aromatic N) is 5. The standard InChI is InChI=1S/C27H24F3N7O/c1-15(2)34-21-9-16(7-8-19(21)26(31)38)20-10-24(27(28,29)30)35-25-18(20)5-4-6-23(25)37-13-22(32-14-37)17-11-33-36(3)12-17/h4-15,34H,1-3H3,(H2,31,38). The van der Waals surface area contributed by atoms with Gasteiger partial charge in [0, 0.05) is 42.1 Å². The van der Waals surface area contributed by atoms with Gasteiger partial charge >= 0.3 is 6.18 Å². The number of rotatable bonds is 6. The first kappa shape index (κ1) is 25.0. The third-order valence-corrected chi connectivity index (χ3v) is 6.01. The van der Waals surface area contributed by atoms with Gasteiger partial charge in [-0.2, -0.15) is 18.3 Å². The second-order valence-corrected chi connectivity index (χ2v) is 9.22. The third kappa shape index (κ3) is 4.70. The van der Waals surface area contributed by atoms with Crippen LogP contribution in [-0.2, 0) is 13.2 Å². The first-order valence-electron chi connectivity index (χ1n) is 11.8. The monoisotopic (exact) mass is 519 g/mol. The molecule has 0 aliphatic heterocycles. The molecule has 3 aromatic heterocycles. The zero-order chi connectivity index (χ0) is 27.2. The van der Waals surface area contributed by atoms with Crippen LogP contribution in [0.1, 0.15) is 29.9 Å². The summed E-state index contributed by atoms with van der Waals surface area (Å²) in [5.41, 5.74) is 7.98. The van der Waals surface area contributed by atoms with Gasteiger partial charge in [-0.05, 0) is 49.2 Å². The van der Waals surface area contributed by atoms with E-state index in [0.717, 1.165) is 11.6 Å². The predicted molar refractivity (Wildman–Crippen MR) is 139 cm³/mol. The topological polar surface area (TPSA) is 104 Å². The predicted octanol–water partition coefficient (Wildman–Crippen LogP) is 5.43. The minimum absolute atomic E-state index is 0.0369. The second-order valence-electron chi connectivity index (χ2n) is 9.22. The smallest absolute Gasteiger partial charge is 0.382 e. The van der Waals surface area contributed by atoms with Gasteiger partial charge in [-0.1, -0.05) is 18.2 Å². The number of para-hydroxylation sites is 1. The highest BCUT2D eigenvalue weighted by atomic mass is 19.4. The summed E-state index contributed by atoms with van der Waals surface area (Å²) in [5.74, 6) is -0.637. The Morgan fingerprint density at radius 3 is 2.53 bits per heavy atom. The normalized spacial score (nSPS) is 11.9. The van der Waals surface area contributed by atoms with E-state index in [9.17, 15) is 18.0 Å². The molecule has 0 bridgehead atoms. The molecule has 11 heteroatoms. The molecule has 1 amide bonds. The number of imidazole rings is 1. The average Bonchev–Trinajstić information content (AvgIpc) is 3.51. The highest BCUT2D eigenvalue weighted by Crippen LogP contribution is 2.38. The molecule has 5 rings (SSSR count). The number of pyridine rings is 1. The van der Waals surface area contributed by atoms with Gasteiger partial charge in [-0.3, -0.25) is 9.48 Å². The van der Waals surface area contributed by atoms with Crippen molar-refractivity contribution in [3.63, 3.8) is 0 Å². The molecule has 38 heavy (non-hydrogen) atoms. The van der Waals surface area contributed by atoms with Crippen LogP contribution in [0.2, 0.25) is 0 Å². The number of anilines is 1. The summed E-state index contributed by atoms with van der Waals surface area (Å²) in [6.45, 7) is 3.77. The molecule has 0 aliphatic carbocycles. The summed E-state index contributed by atoms with van der Waals surface area (Å²) < 4.78 is 45.4. The Balaban J connectivity index is 1.73. The number of benzene rings is 2. The van der Waals surface area contributed by atoms with Crippen molar-refractivity contribution >= 4 is 22.5 Å². The van der Waals surface area contributed by atoms with E-state index in [2.05, 4.69) is 20.4 Å². The molecule has 3 N–H and O–H groups in total. The molecule has 2 aromatic carbocycles. The minimum atomic E-state index is -4.68. The maximum Gasteiger partial charge on any atom is 0.433 e. The lowest BCUT2D eigenvalue weighted by Gasteiger charge is -2.17. The molecule has 194 valence electrons. The Bertz CT molecular complexity index is 1670. The lowest BCUT2D eigenvalue weighted by Crippen LogP contribution is -2.17. The van der Waals surface area contributed by atoms with E-state index in [1.54, 1.807) is 65.2 Å². The summed E-state index contributed by atoms with van der Waals surface area (Å²) in [5, 5.41) is 7.81. The number of amides is 1. The van der Waals surface area contributed by atoms with Crippen LogP contribution in [0, 0.1) is 0 Å². The minimum Gasteiger partial charge on any atom is -0.382 e. The number of alkyl halides is 3. The van der Waals surface area contributed by atoms with E-state index in [1.807, 2.05) is 13.8 Å². The molecule has 0 spiro atoms. The molecule has 0 radical (unpaired) electrons. The van der Waals surface area contributed by atoms with Gasteiger partial charge < -0.3 is 15.6 Å². The number of carbonyl (C=O) groups excluding carboxylic acids is 1. The largest absolute Gasteiger partial charge is 0.433 e. The Labute approximate surface area is 215 Å². The molecule has 5 aromatic rings. The average molecular weight is 520 g/mol. The van der Waals surface area contributed by atoms with Crippen LogP contribution in [0.25, 0.3) is 39.0 Å². The summed E-state index contributed by atoms with van der Waals surface area (Å²) in [4.78, 5) is 20.4. The van der Waals surface area contributed by atoms with Gasteiger partial charge in [0.05, 0.1) is 35.0 Å².